The van der Waals surface area contributed by atoms with Gasteiger partial charge in [0.05, 0.1) is 5.56 Å². The fraction of sp³-hybridized carbons (Fsp3) is 0. The van der Waals surface area contributed by atoms with Crippen LogP contribution in [-0.2, 0) is 0 Å². The molecule has 1 heterocycles. The minimum Gasteiger partial charge on any atom is -0.436 e. The van der Waals surface area contributed by atoms with E-state index in [4.69, 9.17) is 9.40 Å². The van der Waals surface area contributed by atoms with Crippen molar-refractivity contribution in [3.63, 3.8) is 0 Å². The Kier molecular flexibility index (Phi) is 5.74. The van der Waals surface area contributed by atoms with Gasteiger partial charge in [-0.2, -0.15) is 0 Å². The number of rotatable bonds is 3. The van der Waals surface area contributed by atoms with Crippen molar-refractivity contribution in [2.24, 2.45) is 0 Å². The van der Waals surface area contributed by atoms with Crippen LogP contribution in [0.1, 0.15) is 10.4 Å². The summed E-state index contributed by atoms with van der Waals surface area (Å²) in [4.78, 5) is 17.5. The highest BCUT2D eigenvalue weighted by Gasteiger charge is 2.15. The maximum Gasteiger partial charge on any atom is 0.256 e. The molecule has 0 spiro atoms. The third kappa shape index (κ3) is 4.10. The van der Waals surface area contributed by atoms with Crippen LogP contribution in [0.15, 0.2) is 81.7 Å². The Balaban J connectivity index is 1.51. The number of carbonyl (C=O) groups excluding carboxylic acids is 1. The summed E-state index contributed by atoms with van der Waals surface area (Å²) >= 11 is 7.99. The van der Waals surface area contributed by atoms with E-state index < -0.39 is 0 Å². The average molecular weight is 695 g/mol. The maximum absolute atomic E-state index is 12.8. The van der Waals surface area contributed by atoms with Crippen LogP contribution in [0.25, 0.3) is 33.3 Å². The SMILES string of the molecule is O=C(Nc1ccc2oc(-c3cccc4c(Br)cccc34)nc2c1)c1cc(I)ccc1I. The number of benzene rings is 4. The number of hydrogen-bond acceptors (Lipinski definition) is 3. The molecule has 0 aliphatic heterocycles. The standard InChI is InChI=1S/C24H13BrI2N2O2/c25-19-6-2-3-15-16(19)4-1-5-17(15)24-29-21-12-14(8-10-22(21)31-24)28-23(30)18-11-13(26)7-9-20(18)27/h1-12H,(H,28,30). The van der Waals surface area contributed by atoms with Crippen molar-refractivity contribution >= 4 is 94.6 Å². The zero-order chi connectivity index (χ0) is 21.5. The molecule has 7 heteroatoms. The number of anilines is 1. The lowest BCUT2D eigenvalue weighted by molar-refractivity contribution is 0.102. The second kappa shape index (κ2) is 8.51. The monoisotopic (exact) mass is 694 g/mol. The van der Waals surface area contributed by atoms with E-state index in [1.54, 1.807) is 0 Å². The Hall–Kier alpha value is -1.98. The van der Waals surface area contributed by atoms with Gasteiger partial charge in [0.2, 0.25) is 5.89 Å². The lowest BCUT2D eigenvalue weighted by atomic mass is 10.0. The van der Waals surface area contributed by atoms with Crippen LogP contribution in [0.2, 0.25) is 0 Å². The summed E-state index contributed by atoms with van der Waals surface area (Å²) in [6.45, 7) is 0. The molecule has 0 saturated heterocycles. The van der Waals surface area contributed by atoms with Crippen LogP contribution < -0.4 is 5.32 Å². The summed E-state index contributed by atoms with van der Waals surface area (Å²) in [5, 5.41) is 5.13. The Morgan fingerprint density at radius 2 is 1.74 bits per heavy atom. The van der Waals surface area contributed by atoms with Crippen molar-refractivity contribution in [1.82, 2.24) is 4.98 Å². The number of nitrogens with zero attached hydrogens (tertiary/aromatic N) is 1. The molecule has 31 heavy (non-hydrogen) atoms. The van der Waals surface area contributed by atoms with Gasteiger partial charge in [-0.25, -0.2) is 4.98 Å². The predicted molar refractivity (Wildman–Crippen MR) is 144 cm³/mol. The topological polar surface area (TPSA) is 55.1 Å². The number of oxazole rings is 1. The molecule has 1 amide bonds. The Morgan fingerprint density at radius 3 is 2.61 bits per heavy atom. The van der Waals surface area contributed by atoms with Crippen LogP contribution in [0.3, 0.4) is 0 Å². The van der Waals surface area contributed by atoms with Gasteiger partial charge in [0.25, 0.3) is 5.91 Å². The molecule has 5 rings (SSSR count). The van der Waals surface area contributed by atoms with Gasteiger partial charge in [-0.15, -0.1) is 0 Å². The van der Waals surface area contributed by atoms with Crippen LogP contribution in [0.5, 0.6) is 0 Å². The van der Waals surface area contributed by atoms with Crippen molar-refractivity contribution in [2.75, 3.05) is 5.32 Å². The smallest absolute Gasteiger partial charge is 0.256 e. The van der Waals surface area contributed by atoms with Crippen LogP contribution in [0, 0.1) is 7.14 Å². The van der Waals surface area contributed by atoms with Crippen molar-refractivity contribution in [2.45, 2.75) is 0 Å². The minimum absolute atomic E-state index is 0.148. The van der Waals surface area contributed by atoms with Gasteiger partial charge in [0.15, 0.2) is 5.58 Å². The van der Waals surface area contributed by atoms with Crippen molar-refractivity contribution in [1.29, 1.82) is 0 Å². The van der Waals surface area contributed by atoms with E-state index in [9.17, 15) is 4.79 Å². The molecule has 1 aromatic heterocycles. The first-order valence-corrected chi connectivity index (χ1v) is 12.3. The van der Waals surface area contributed by atoms with E-state index in [0.717, 1.165) is 27.9 Å². The summed E-state index contributed by atoms with van der Waals surface area (Å²) < 4.78 is 8.99. The number of aromatic nitrogens is 1. The van der Waals surface area contributed by atoms with Crippen LogP contribution in [0.4, 0.5) is 5.69 Å². The second-order valence-electron chi connectivity index (χ2n) is 6.92. The zero-order valence-corrected chi connectivity index (χ0v) is 21.7. The van der Waals surface area contributed by atoms with Crippen molar-refractivity contribution in [3.8, 4) is 11.5 Å². The van der Waals surface area contributed by atoms with E-state index in [2.05, 4.69) is 78.6 Å². The highest BCUT2D eigenvalue weighted by Crippen LogP contribution is 2.34. The van der Waals surface area contributed by atoms with E-state index >= 15 is 0 Å². The number of hydrogen-bond donors (Lipinski definition) is 1. The largest absolute Gasteiger partial charge is 0.436 e. The van der Waals surface area contributed by atoms with Crippen LogP contribution in [-0.4, -0.2) is 10.9 Å². The normalized spacial score (nSPS) is 11.2. The fourth-order valence-electron chi connectivity index (χ4n) is 3.45. The van der Waals surface area contributed by atoms with Gasteiger partial charge in [0.1, 0.15) is 5.52 Å². The highest BCUT2D eigenvalue weighted by atomic mass is 127. The molecule has 0 aliphatic rings. The van der Waals surface area contributed by atoms with E-state index in [1.807, 2.05) is 60.7 Å². The molecule has 0 aliphatic carbocycles. The number of carbonyl (C=O) groups is 1. The summed E-state index contributed by atoms with van der Waals surface area (Å²) in [5.41, 5.74) is 3.61. The maximum atomic E-state index is 12.8. The molecule has 1 N–H and O–H groups in total. The van der Waals surface area contributed by atoms with Crippen molar-refractivity contribution in [3.05, 3.63) is 90.0 Å². The van der Waals surface area contributed by atoms with Gasteiger partial charge in [0, 0.05) is 22.9 Å². The molecule has 0 atom stereocenters. The first-order valence-electron chi connectivity index (χ1n) is 9.34. The first-order chi connectivity index (χ1) is 15.0. The predicted octanol–water partition coefficient (Wildman–Crippen LogP) is 7.87. The lowest BCUT2D eigenvalue weighted by Gasteiger charge is -2.07. The minimum atomic E-state index is -0.148. The zero-order valence-electron chi connectivity index (χ0n) is 15.8. The summed E-state index contributed by atoms with van der Waals surface area (Å²) in [6, 6.07) is 23.4. The quantitative estimate of drug-likeness (QED) is 0.196. The third-order valence-electron chi connectivity index (χ3n) is 4.92. The Morgan fingerprint density at radius 1 is 0.935 bits per heavy atom. The van der Waals surface area contributed by atoms with E-state index in [0.29, 0.717) is 28.2 Å². The molecule has 0 fully saturated rings. The molecule has 0 radical (unpaired) electrons. The van der Waals surface area contributed by atoms with Gasteiger partial charge < -0.3 is 9.73 Å². The fourth-order valence-corrected chi connectivity index (χ4v) is 5.02. The second-order valence-corrected chi connectivity index (χ2v) is 10.2. The molecule has 5 aromatic rings. The number of fused-ring (bicyclic) bond motifs is 2. The lowest BCUT2D eigenvalue weighted by Crippen LogP contribution is -2.13. The molecule has 0 bridgehead atoms. The summed E-state index contributed by atoms with van der Waals surface area (Å²) in [7, 11) is 0. The Labute approximate surface area is 213 Å². The molecule has 152 valence electrons. The molecular weight excluding hydrogens is 682 g/mol. The van der Waals surface area contributed by atoms with Crippen molar-refractivity contribution < 1.29 is 9.21 Å². The molecule has 4 aromatic carbocycles. The first kappa shape index (κ1) is 20.9. The van der Waals surface area contributed by atoms with Gasteiger partial charge in [-0.05, 0) is 104 Å². The van der Waals surface area contributed by atoms with Crippen LogP contribution >= 0.6 is 61.1 Å². The molecule has 0 saturated carbocycles. The summed E-state index contributed by atoms with van der Waals surface area (Å²) in [5.74, 6) is 0.402. The molecule has 0 unspecified atom stereocenters. The Bertz CT molecular complexity index is 1480. The molecule has 4 nitrogen and oxygen atoms in total. The highest BCUT2D eigenvalue weighted by molar-refractivity contribution is 14.1. The summed E-state index contributed by atoms with van der Waals surface area (Å²) in [6.07, 6.45) is 0. The van der Waals surface area contributed by atoms with Gasteiger partial charge in [-0.1, -0.05) is 40.2 Å². The number of halogens is 3. The van der Waals surface area contributed by atoms with E-state index in [-0.39, 0.29) is 5.91 Å². The number of amides is 1. The van der Waals surface area contributed by atoms with Gasteiger partial charge >= 0.3 is 0 Å². The third-order valence-corrected chi connectivity index (χ3v) is 7.22. The van der Waals surface area contributed by atoms with Gasteiger partial charge in [-0.3, -0.25) is 4.79 Å². The van der Waals surface area contributed by atoms with E-state index in [1.165, 1.54) is 0 Å². The number of nitrogens with one attached hydrogen (secondary N) is 1. The average Bonchev–Trinajstić information content (AvgIpc) is 3.18. The molecular formula is C24H13BrI2N2O2.